The van der Waals surface area contributed by atoms with Gasteiger partial charge in [0.2, 0.25) is 0 Å². The number of halogens is 1. The third kappa shape index (κ3) is 2.86. The molecule has 0 amide bonds. The molecule has 0 bridgehead atoms. The van der Waals surface area contributed by atoms with Crippen molar-refractivity contribution in [2.75, 3.05) is 17.2 Å². The van der Waals surface area contributed by atoms with Crippen molar-refractivity contribution in [2.24, 2.45) is 5.92 Å². The number of nitrogen functional groups attached to an aromatic ring is 1. The van der Waals surface area contributed by atoms with Gasteiger partial charge in [-0.3, -0.25) is 0 Å². The summed E-state index contributed by atoms with van der Waals surface area (Å²) in [6.07, 6.45) is 0.120. The second-order valence-corrected chi connectivity index (χ2v) is 6.10. The standard InChI is InChI=1S/C18H21FN2O/c1-12(2)17-11-21(10-13-6-8-14(19)9-7-13)18-15(20)4-3-5-16(18)22-17/h3-9,12,17H,10-11,20H2,1-2H3. The molecule has 22 heavy (non-hydrogen) atoms. The van der Waals surface area contributed by atoms with Gasteiger partial charge in [0, 0.05) is 6.54 Å². The smallest absolute Gasteiger partial charge is 0.145 e. The Bertz CT molecular complexity index is 655. The van der Waals surface area contributed by atoms with Crippen LogP contribution >= 0.6 is 0 Å². The molecule has 4 heteroatoms. The predicted molar refractivity (Wildman–Crippen MR) is 87.6 cm³/mol. The maximum Gasteiger partial charge on any atom is 0.145 e. The summed E-state index contributed by atoms with van der Waals surface area (Å²) < 4.78 is 19.2. The van der Waals surface area contributed by atoms with Crippen molar-refractivity contribution >= 4 is 11.4 Å². The highest BCUT2D eigenvalue weighted by molar-refractivity contribution is 5.75. The Morgan fingerprint density at radius 1 is 1.23 bits per heavy atom. The van der Waals surface area contributed by atoms with Crippen LogP contribution in [-0.2, 0) is 6.54 Å². The molecule has 1 aliphatic rings. The first kappa shape index (κ1) is 14.7. The Balaban J connectivity index is 1.93. The van der Waals surface area contributed by atoms with Gasteiger partial charge in [0.15, 0.2) is 0 Å². The van der Waals surface area contributed by atoms with Gasteiger partial charge in [-0.2, -0.15) is 0 Å². The van der Waals surface area contributed by atoms with Crippen LogP contribution in [0.3, 0.4) is 0 Å². The van der Waals surface area contributed by atoms with E-state index in [0.29, 0.717) is 18.2 Å². The summed E-state index contributed by atoms with van der Waals surface area (Å²) in [7, 11) is 0. The van der Waals surface area contributed by atoms with Gasteiger partial charge in [0.25, 0.3) is 0 Å². The first-order valence-electron chi connectivity index (χ1n) is 7.59. The molecule has 0 spiro atoms. The minimum absolute atomic E-state index is 0.120. The summed E-state index contributed by atoms with van der Waals surface area (Å²) in [6, 6.07) is 12.4. The molecular weight excluding hydrogens is 279 g/mol. The van der Waals surface area contributed by atoms with E-state index >= 15 is 0 Å². The number of nitrogens with zero attached hydrogens (tertiary/aromatic N) is 1. The van der Waals surface area contributed by atoms with Crippen molar-refractivity contribution in [1.29, 1.82) is 0 Å². The molecule has 0 saturated heterocycles. The number of benzene rings is 2. The van der Waals surface area contributed by atoms with Crippen LogP contribution in [0, 0.1) is 11.7 Å². The molecule has 1 atom stereocenters. The normalized spacial score (nSPS) is 17.3. The molecule has 0 aliphatic carbocycles. The van der Waals surface area contributed by atoms with Crippen molar-refractivity contribution in [3.05, 3.63) is 53.8 Å². The molecule has 0 saturated carbocycles. The lowest BCUT2D eigenvalue weighted by Gasteiger charge is -2.38. The lowest BCUT2D eigenvalue weighted by Crippen LogP contribution is -2.42. The molecule has 3 nitrogen and oxygen atoms in total. The number of rotatable bonds is 3. The monoisotopic (exact) mass is 300 g/mol. The van der Waals surface area contributed by atoms with E-state index in [-0.39, 0.29) is 11.9 Å². The van der Waals surface area contributed by atoms with Crippen LogP contribution in [0.15, 0.2) is 42.5 Å². The molecule has 1 aliphatic heterocycles. The first-order chi connectivity index (χ1) is 10.5. The van der Waals surface area contributed by atoms with Crippen LogP contribution in [0.2, 0.25) is 0 Å². The molecular formula is C18H21FN2O. The van der Waals surface area contributed by atoms with Crippen LogP contribution in [0.25, 0.3) is 0 Å². The molecule has 0 aromatic heterocycles. The molecule has 0 radical (unpaired) electrons. The average molecular weight is 300 g/mol. The fourth-order valence-corrected chi connectivity index (χ4v) is 2.78. The number of hydrogen-bond donors (Lipinski definition) is 1. The van der Waals surface area contributed by atoms with E-state index in [9.17, 15) is 4.39 Å². The molecule has 1 heterocycles. The van der Waals surface area contributed by atoms with Gasteiger partial charge in [-0.05, 0) is 35.7 Å². The van der Waals surface area contributed by atoms with Gasteiger partial charge >= 0.3 is 0 Å². The minimum Gasteiger partial charge on any atom is -0.486 e. The van der Waals surface area contributed by atoms with Crippen LogP contribution in [0.5, 0.6) is 5.75 Å². The van der Waals surface area contributed by atoms with Crippen molar-refractivity contribution in [2.45, 2.75) is 26.5 Å². The zero-order valence-electron chi connectivity index (χ0n) is 12.9. The fraction of sp³-hybridized carbons (Fsp3) is 0.333. The maximum absolute atomic E-state index is 13.1. The van der Waals surface area contributed by atoms with Gasteiger partial charge in [0.1, 0.15) is 23.4 Å². The highest BCUT2D eigenvalue weighted by Gasteiger charge is 2.29. The molecule has 1 unspecified atom stereocenters. The minimum atomic E-state index is -0.217. The molecule has 2 aromatic rings. The lowest BCUT2D eigenvalue weighted by molar-refractivity contribution is 0.145. The lowest BCUT2D eigenvalue weighted by atomic mass is 10.0. The number of hydrogen-bond acceptors (Lipinski definition) is 3. The van der Waals surface area contributed by atoms with E-state index in [1.165, 1.54) is 12.1 Å². The fourth-order valence-electron chi connectivity index (χ4n) is 2.78. The van der Waals surface area contributed by atoms with Gasteiger partial charge in [-0.15, -0.1) is 0 Å². The summed E-state index contributed by atoms with van der Waals surface area (Å²) in [4.78, 5) is 2.23. The molecule has 0 fully saturated rings. The van der Waals surface area contributed by atoms with E-state index in [0.717, 1.165) is 23.5 Å². The SMILES string of the molecule is CC(C)C1CN(Cc2ccc(F)cc2)c2c(N)cccc2O1. The maximum atomic E-state index is 13.1. The Kier molecular flexibility index (Phi) is 3.92. The zero-order valence-corrected chi connectivity index (χ0v) is 12.9. The number of ether oxygens (including phenoxy) is 1. The highest BCUT2D eigenvalue weighted by Crippen LogP contribution is 2.40. The quantitative estimate of drug-likeness (QED) is 0.876. The summed E-state index contributed by atoms with van der Waals surface area (Å²) in [5.74, 6) is 1.02. The summed E-state index contributed by atoms with van der Waals surface area (Å²) in [5.41, 5.74) is 8.85. The number of para-hydroxylation sites is 1. The van der Waals surface area contributed by atoms with Gasteiger partial charge in [0.05, 0.1) is 12.2 Å². The van der Waals surface area contributed by atoms with Gasteiger partial charge in [-0.25, -0.2) is 4.39 Å². The molecule has 3 rings (SSSR count). The van der Waals surface area contributed by atoms with Crippen LogP contribution < -0.4 is 15.4 Å². The average Bonchev–Trinajstić information content (AvgIpc) is 2.49. The number of nitrogens with two attached hydrogens (primary N) is 1. The van der Waals surface area contributed by atoms with E-state index in [1.54, 1.807) is 0 Å². The Hall–Kier alpha value is -2.23. The van der Waals surface area contributed by atoms with E-state index in [1.807, 2.05) is 30.3 Å². The van der Waals surface area contributed by atoms with Crippen LogP contribution in [-0.4, -0.2) is 12.6 Å². The van der Waals surface area contributed by atoms with Crippen molar-refractivity contribution in [3.8, 4) is 5.75 Å². The largest absolute Gasteiger partial charge is 0.486 e. The van der Waals surface area contributed by atoms with E-state index in [4.69, 9.17) is 10.5 Å². The van der Waals surface area contributed by atoms with Gasteiger partial charge < -0.3 is 15.4 Å². The third-order valence-corrected chi connectivity index (χ3v) is 4.06. The van der Waals surface area contributed by atoms with Crippen LogP contribution in [0.4, 0.5) is 15.8 Å². The molecule has 2 aromatic carbocycles. The molecule has 116 valence electrons. The topological polar surface area (TPSA) is 38.5 Å². The second kappa shape index (κ2) is 5.87. The third-order valence-electron chi connectivity index (χ3n) is 4.06. The van der Waals surface area contributed by atoms with E-state index < -0.39 is 0 Å². The second-order valence-electron chi connectivity index (χ2n) is 6.10. The van der Waals surface area contributed by atoms with Gasteiger partial charge in [-0.1, -0.05) is 32.0 Å². The zero-order chi connectivity index (χ0) is 15.7. The van der Waals surface area contributed by atoms with Crippen LogP contribution in [0.1, 0.15) is 19.4 Å². The summed E-state index contributed by atoms with van der Waals surface area (Å²) >= 11 is 0. The predicted octanol–water partition coefficient (Wildman–Crippen LogP) is 3.83. The Morgan fingerprint density at radius 3 is 2.64 bits per heavy atom. The Morgan fingerprint density at radius 2 is 1.95 bits per heavy atom. The highest BCUT2D eigenvalue weighted by atomic mass is 19.1. The Labute approximate surface area is 130 Å². The van der Waals surface area contributed by atoms with E-state index in [2.05, 4.69) is 18.7 Å². The van der Waals surface area contributed by atoms with Crippen molar-refractivity contribution < 1.29 is 9.13 Å². The number of anilines is 2. The summed E-state index contributed by atoms with van der Waals surface area (Å²) in [6.45, 7) is 5.76. The van der Waals surface area contributed by atoms with Crippen molar-refractivity contribution in [1.82, 2.24) is 0 Å². The number of fused-ring (bicyclic) bond motifs is 1. The first-order valence-corrected chi connectivity index (χ1v) is 7.59. The summed E-state index contributed by atoms with van der Waals surface area (Å²) in [5, 5.41) is 0. The van der Waals surface area contributed by atoms with Crippen molar-refractivity contribution in [3.63, 3.8) is 0 Å². The molecule has 2 N–H and O–H groups in total.